The number of carbonyl (C=O) groups excluding carboxylic acids is 1. The third kappa shape index (κ3) is 3.28. The van der Waals surface area contributed by atoms with Gasteiger partial charge in [-0.05, 0) is 24.3 Å². The number of fused-ring (bicyclic) bond motifs is 2. The van der Waals surface area contributed by atoms with Gasteiger partial charge in [-0.2, -0.15) is 10.2 Å². The highest BCUT2D eigenvalue weighted by Gasteiger charge is 2.46. The summed E-state index contributed by atoms with van der Waals surface area (Å²) >= 11 is 0. The monoisotopic (exact) mass is 336 g/mol. The Hall–Kier alpha value is -3.03. The Bertz CT molecular complexity index is 753. The molecule has 2 heterocycles. The van der Waals surface area contributed by atoms with Crippen molar-refractivity contribution in [3.63, 3.8) is 0 Å². The highest BCUT2D eigenvalue weighted by Crippen LogP contribution is 2.22. The molecule has 0 aliphatic carbocycles. The van der Waals surface area contributed by atoms with E-state index in [4.69, 9.17) is 9.47 Å². The fourth-order valence-corrected chi connectivity index (χ4v) is 2.57. The van der Waals surface area contributed by atoms with Gasteiger partial charge >= 0.3 is 0 Å². The predicted octanol–water partition coefficient (Wildman–Crippen LogP) is 2.25. The fourth-order valence-electron chi connectivity index (χ4n) is 2.57. The van der Waals surface area contributed by atoms with E-state index < -0.39 is 12.4 Å². The van der Waals surface area contributed by atoms with Gasteiger partial charge in [0.2, 0.25) is 12.1 Å². The normalized spacial score (nSPS) is 25.4. The van der Waals surface area contributed by atoms with Crippen LogP contribution in [0.5, 0.6) is 0 Å². The van der Waals surface area contributed by atoms with Crippen molar-refractivity contribution >= 4 is 28.6 Å². The topological polar surface area (TPSA) is 84.3 Å². The van der Waals surface area contributed by atoms with Gasteiger partial charge in [0.15, 0.2) is 5.71 Å². The summed E-state index contributed by atoms with van der Waals surface area (Å²) in [6.45, 7) is 0.274. The number of para-hydroxylation sites is 2. The summed E-state index contributed by atoms with van der Waals surface area (Å²) < 4.78 is 11.2. The second-order valence-electron chi connectivity index (χ2n) is 5.57. The molecule has 0 aromatic heterocycles. The molecule has 2 aromatic carbocycles. The number of hydrazone groups is 2. The van der Waals surface area contributed by atoms with Crippen LogP contribution in [0.2, 0.25) is 0 Å². The van der Waals surface area contributed by atoms with Gasteiger partial charge in [0, 0.05) is 0 Å². The molecule has 0 saturated carbocycles. The summed E-state index contributed by atoms with van der Waals surface area (Å²) in [5.41, 5.74) is 7.70. The maximum Gasteiger partial charge on any atom is 0.233 e. The van der Waals surface area contributed by atoms with Gasteiger partial charge in [0.25, 0.3) is 0 Å². The number of benzene rings is 2. The zero-order valence-electron chi connectivity index (χ0n) is 13.3. The lowest BCUT2D eigenvalue weighted by atomic mass is 10.0. The van der Waals surface area contributed by atoms with E-state index in [1.807, 2.05) is 60.7 Å². The molecular weight excluding hydrogens is 320 g/mol. The number of ketones is 1. The minimum absolute atomic E-state index is 0.159. The molecule has 126 valence electrons. The van der Waals surface area contributed by atoms with Crippen LogP contribution in [0.1, 0.15) is 0 Å². The van der Waals surface area contributed by atoms with Crippen LogP contribution >= 0.6 is 0 Å². The highest BCUT2D eigenvalue weighted by atomic mass is 16.7. The van der Waals surface area contributed by atoms with Crippen LogP contribution < -0.4 is 10.9 Å². The first-order chi connectivity index (χ1) is 12.3. The van der Waals surface area contributed by atoms with Gasteiger partial charge in [-0.1, -0.05) is 36.4 Å². The average molecular weight is 336 g/mol. The first kappa shape index (κ1) is 15.5. The molecule has 2 fully saturated rings. The van der Waals surface area contributed by atoms with E-state index >= 15 is 0 Å². The number of nitrogens with zero attached hydrogens (tertiary/aromatic N) is 2. The lowest BCUT2D eigenvalue weighted by Crippen LogP contribution is -2.45. The Morgan fingerprint density at radius 2 is 1.40 bits per heavy atom. The predicted molar refractivity (Wildman–Crippen MR) is 94.6 cm³/mol. The van der Waals surface area contributed by atoms with Crippen molar-refractivity contribution in [2.24, 2.45) is 10.2 Å². The molecule has 0 amide bonds. The molecule has 2 N–H and O–H groups in total. The van der Waals surface area contributed by atoms with E-state index in [0.29, 0.717) is 0 Å². The molecule has 25 heavy (non-hydrogen) atoms. The van der Waals surface area contributed by atoms with E-state index in [0.717, 1.165) is 11.4 Å². The van der Waals surface area contributed by atoms with Crippen molar-refractivity contribution in [2.75, 3.05) is 17.5 Å². The molecule has 2 saturated heterocycles. The van der Waals surface area contributed by atoms with Gasteiger partial charge in [0.05, 0.1) is 18.0 Å². The Labute approximate surface area is 144 Å². The number of hydrogen-bond donors (Lipinski definition) is 2. The standard InChI is InChI=1S/C18H16N4O3/c23-17-15(21-19-12-7-3-1-4-8-12)14-11-24-18(25-14)16(17)22-20-13-9-5-2-6-10-13/h1-10,14,18-20H,11H2. The summed E-state index contributed by atoms with van der Waals surface area (Å²) in [7, 11) is 0. The van der Waals surface area contributed by atoms with Crippen LogP contribution in [0.3, 0.4) is 0 Å². The first-order valence-electron chi connectivity index (χ1n) is 7.90. The van der Waals surface area contributed by atoms with Gasteiger partial charge in [-0.15, -0.1) is 0 Å². The molecule has 2 unspecified atom stereocenters. The number of rotatable bonds is 4. The maximum atomic E-state index is 12.7. The van der Waals surface area contributed by atoms with Crippen LogP contribution in [0.15, 0.2) is 70.9 Å². The van der Waals surface area contributed by atoms with Crippen molar-refractivity contribution < 1.29 is 14.3 Å². The summed E-state index contributed by atoms with van der Waals surface area (Å²) in [4.78, 5) is 12.7. The highest BCUT2D eigenvalue weighted by molar-refractivity contribution is 6.69. The number of Topliss-reactive ketones (excluding diaryl/α,β-unsaturated/α-hetero) is 1. The molecule has 0 radical (unpaired) electrons. The van der Waals surface area contributed by atoms with Gasteiger partial charge < -0.3 is 9.47 Å². The van der Waals surface area contributed by atoms with Crippen molar-refractivity contribution in [1.29, 1.82) is 0 Å². The van der Waals surface area contributed by atoms with E-state index in [1.54, 1.807) is 0 Å². The minimum Gasteiger partial charge on any atom is -0.344 e. The molecule has 0 spiro atoms. The SMILES string of the molecule is O=C1C(=NNc2ccccc2)C2COC(O2)C1=NNc1ccccc1. The van der Waals surface area contributed by atoms with Crippen LogP contribution in [0.25, 0.3) is 0 Å². The second kappa shape index (κ2) is 6.84. The Morgan fingerprint density at radius 1 is 0.840 bits per heavy atom. The third-order valence-electron chi connectivity index (χ3n) is 3.84. The lowest BCUT2D eigenvalue weighted by molar-refractivity contribution is -0.110. The summed E-state index contributed by atoms with van der Waals surface area (Å²) in [5.74, 6) is -0.286. The third-order valence-corrected chi connectivity index (χ3v) is 3.84. The molecule has 4 rings (SSSR count). The Kier molecular flexibility index (Phi) is 4.24. The summed E-state index contributed by atoms with van der Waals surface area (Å²) in [6.07, 6.45) is -1.24. The number of anilines is 2. The minimum atomic E-state index is -0.760. The van der Waals surface area contributed by atoms with Gasteiger partial charge in [0.1, 0.15) is 11.8 Å². The van der Waals surface area contributed by atoms with Crippen LogP contribution in [0, 0.1) is 0 Å². The summed E-state index contributed by atoms with van der Waals surface area (Å²) in [5, 5.41) is 8.40. The molecule has 7 heteroatoms. The van der Waals surface area contributed by atoms with Crippen molar-refractivity contribution in [3.8, 4) is 0 Å². The van der Waals surface area contributed by atoms with Crippen LogP contribution in [-0.4, -0.2) is 36.2 Å². The molecule has 2 aliphatic rings. The van der Waals surface area contributed by atoms with Crippen molar-refractivity contribution in [1.82, 2.24) is 0 Å². The van der Waals surface area contributed by atoms with E-state index in [1.165, 1.54) is 0 Å². The van der Waals surface area contributed by atoms with Gasteiger partial charge in [-0.3, -0.25) is 15.6 Å². The fraction of sp³-hybridized carbons (Fsp3) is 0.167. The maximum absolute atomic E-state index is 12.7. The zero-order chi connectivity index (χ0) is 17.1. The largest absolute Gasteiger partial charge is 0.344 e. The Morgan fingerprint density at radius 3 is 2.00 bits per heavy atom. The van der Waals surface area contributed by atoms with Crippen LogP contribution in [-0.2, 0) is 14.3 Å². The lowest BCUT2D eigenvalue weighted by Gasteiger charge is -2.20. The Balaban J connectivity index is 1.56. The van der Waals surface area contributed by atoms with Crippen molar-refractivity contribution in [2.45, 2.75) is 12.4 Å². The number of nitrogens with one attached hydrogen (secondary N) is 2. The first-order valence-corrected chi connectivity index (χ1v) is 7.90. The smallest absolute Gasteiger partial charge is 0.233 e. The number of carbonyl (C=O) groups is 1. The van der Waals surface area contributed by atoms with Crippen LogP contribution in [0.4, 0.5) is 11.4 Å². The van der Waals surface area contributed by atoms with Crippen molar-refractivity contribution in [3.05, 3.63) is 60.7 Å². The zero-order valence-corrected chi connectivity index (χ0v) is 13.3. The van der Waals surface area contributed by atoms with E-state index in [2.05, 4.69) is 21.1 Å². The number of ether oxygens (including phenoxy) is 2. The molecule has 2 aromatic rings. The van der Waals surface area contributed by atoms with E-state index in [9.17, 15) is 4.79 Å². The van der Waals surface area contributed by atoms with Gasteiger partial charge in [-0.25, -0.2) is 0 Å². The number of hydrogen-bond acceptors (Lipinski definition) is 7. The summed E-state index contributed by atoms with van der Waals surface area (Å²) in [6, 6.07) is 18.7. The quantitative estimate of drug-likeness (QED) is 0.837. The average Bonchev–Trinajstić information content (AvgIpc) is 3.09. The molecule has 2 atom stereocenters. The molecule has 7 nitrogen and oxygen atoms in total. The molecule has 2 bridgehead atoms. The second-order valence-corrected chi connectivity index (χ2v) is 5.57. The molecular formula is C18H16N4O3. The molecule has 2 aliphatic heterocycles. The van der Waals surface area contributed by atoms with E-state index in [-0.39, 0.29) is 23.8 Å².